The Balaban J connectivity index is 1.77. The van der Waals surface area contributed by atoms with Gasteiger partial charge in [0.15, 0.2) is 12.5 Å². The van der Waals surface area contributed by atoms with E-state index in [4.69, 9.17) is 9.47 Å². The van der Waals surface area contributed by atoms with Crippen molar-refractivity contribution in [3.63, 3.8) is 0 Å². The number of nitroso groups, excluding NO2 is 1. The number of amides is 1. The van der Waals surface area contributed by atoms with Gasteiger partial charge in [-0.2, -0.15) is 0 Å². The van der Waals surface area contributed by atoms with Crippen molar-refractivity contribution in [1.82, 2.24) is 4.57 Å². The quantitative estimate of drug-likeness (QED) is 0.352. The molecule has 0 unspecified atom stereocenters. The predicted octanol–water partition coefficient (Wildman–Crippen LogP) is 3.30. The van der Waals surface area contributed by atoms with Crippen LogP contribution in [0.5, 0.6) is 11.6 Å². The number of ether oxygens (including phenoxy) is 3. The second kappa shape index (κ2) is 8.63. The third-order valence-corrected chi connectivity index (χ3v) is 4.90. The highest BCUT2D eigenvalue weighted by molar-refractivity contribution is 6.37. The lowest BCUT2D eigenvalue weighted by atomic mass is 10.1. The highest BCUT2D eigenvalue weighted by Gasteiger charge is 2.23. The van der Waals surface area contributed by atoms with Gasteiger partial charge in [-0.3, -0.25) is 4.79 Å². The molecule has 0 atom stereocenters. The van der Waals surface area contributed by atoms with Crippen molar-refractivity contribution < 1.29 is 33.3 Å². The number of rotatable bonds is 5. The topological polar surface area (TPSA) is 128 Å². The monoisotopic (exact) mass is 443 g/mol. The van der Waals surface area contributed by atoms with Crippen LogP contribution < -0.4 is 10.1 Å². The van der Waals surface area contributed by atoms with Gasteiger partial charge in [-0.1, -0.05) is 0 Å². The van der Waals surface area contributed by atoms with Crippen LogP contribution in [-0.2, 0) is 32.2 Å². The zero-order chi connectivity index (χ0) is 22.8. The zero-order valence-electron chi connectivity index (χ0n) is 16.9. The lowest BCUT2D eigenvalue weighted by Crippen LogP contribution is -2.24. The Labute approximate surface area is 180 Å². The molecule has 1 amide bonds. The lowest BCUT2D eigenvalue weighted by molar-refractivity contribution is -0.152. The minimum Gasteiger partial charge on any atom is -0.493 e. The maximum Gasteiger partial charge on any atom is 0.397 e. The van der Waals surface area contributed by atoms with E-state index < -0.39 is 23.6 Å². The smallest absolute Gasteiger partial charge is 0.397 e. The van der Waals surface area contributed by atoms with Crippen molar-refractivity contribution in [2.75, 3.05) is 18.7 Å². The molecule has 0 bridgehead atoms. The number of hydrogen-bond acceptors (Lipinski definition) is 8. The van der Waals surface area contributed by atoms with Crippen LogP contribution in [-0.4, -0.2) is 34.9 Å². The van der Waals surface area contributed by atoms with E-state index in [-0.39, 0.29) is 37.9 Å². The van der Waals surface area contributed by atoms with Gasteiger partial charge in [0.05, 0.1) is 25.3 Å². The Morgan fingerprint density at radius 2 is 2.12 bits per heavy atom. The normalized spacial score (nSPS) is 12.7. The number of nitrogens with one attached hydrogen (secondary N) is 1. The van der Waals surface area contributed by atoms with Crippen LogP contribution in [0.15, 0.2) is 35.5 Å². The van der Waals surface area contributed by atoms with Gasteiger partial charge in [-0.05, 0) is 42.4 Å². The number of anilines is 1. The molecule has 3 aromatic rings. The van der Waals surface area contributed by atoms with E-state index in [9.17, 15) is 24.0 Å². The summed E-state index contributed by atoms with van der Waals surface area (Å²) in [5.41, 5.74) is 1.26. The fourth-order valence-corrected chi connectivity index (χ4v) is 3.57. The van der Waals surface area contributed by atoms with Crippen LogP contribution >= 0.6 is 0 Å². The summed E-state index contributed by atoms with van der Waals surface area (Å²) in [6.45, 7) is 1.72. The Morgan fingerprint density at radius 1 is 1.31 bits per heavy atom. The van der Waals surface area contributed by atoms with Crippen molar-refractivity contribution in [2.45, 2.75) is 20.1 Å². The van der Waals surface area contributed by atoms with Crippen molar-refractivity contribution in [3.8, 4) is 11.6 Å². The Kier molecular flexibility index (Phi) is 5.73. The van der Waals surface area contributed by atoms with Gasteiger partial charge in [-0.25, -0.2) is 9.18 Å². The van der Waals surface area contributed by atoms with E-state index in [0.29, 0.717) is 27.8 Å². The van der Waals surface area contributed by atoms with E-state index in [0.717, 1.165) is 0 Å². The van der Waals surface area contributed by atoms with E-state index in [1.807, 2.05) is 0 Å². The Morgan fingerprint density at radius 3 is 2.88 bits per heavy atom. The van der Waals surface area contributed by atoms with E-state index in [1.54, 1.807) is 6.92 Å². The van der Waals surface area contributed by atoms with Gasteiger partial charge in [0.25, 0.3) is 0 Å². The molecule has 2 N–H and O–H groups in total. The summed E-state index contributed by atoms with van der Waals surface area (Å²) in [7, 11) is 0. The number of carbonyl (C=O) groups is 2. The number of aromatic hydroxyl groups is 1. The molecule has 0 aliphatic carbocycles. The molecular weight excluding hydrogens is 425 g/mol. The highest BCUT2D eigenvalue weighted by atomic mass is 19.1. The Bertz CT molecular complexity index is 1240. The predicted molar refractivity (Wildman–Crippen MR) is 110 cm³/mol. The number of carbonyl (C=O) groups excluding carboxylic acids is 2. The van der Waals surface area contributed by atoms with Gasteiger partial charge in [0.1, 0.15) is 11.6 Å². The SMILES string of the molecule is CCOC(=O)C(=O)Nc1ccc2c(N=O)c(O)n(Cc3cc(F)cc4c3OCOC4)c2c1. The standard InChI is InChI=1S/C21H18FN3O7/c1-2-31-21(28)19(26)23-14-3-4-15-16(7-14)25(20(27)17(15)24-29)8-11-5-13(22)6-12-9-30-10-32-18(11)12/h3-7,27H,2,8-10H2,1H3,(H,23,26). The average molecular weight is 443 g/mol. The molecule has 0 radical (unpaired) electrons. The first kappa shape index (κ1) is 21.2. The first-order valence-electron chi connectivity index (χ1n) is 9.61. The minimum atomic E-state index is -1.05. The highest BCUT2D eigenvalue weighted by Crippen LogP contribution is 2.41. The van der Waals surface area contributed by atoms with Crippen LogP contribution in [0.25, 0.3) is 10.9 Å². The summed E-state index contributed by atoms with van der Waals surface area (Å²) in [4.78, 5) is 34.9. The lowest BCUT2D eigenvalue weighted by Gasteiger charge is -2.21. The first-order chi connectivity index (χ1) is 15.4. The number of nitrogens with zero attached hydrogens (tertiary/aromatic N) is 2. The number of fused-ring (bicyclic) bond motifs is 2. The van der Waals surface area contributed by atoms with E-state index in [1.165, 1.54) is 34.9 Å². The average Bonchev–Trinajstić information content (AvgIpc) is 3.04. The summed E-state index contributed by atoms with van der Waals surface area (Å²) in [5, 5.41) is 16.2. The maximum atomic E-state index is 14.1. The second-order valence-corrected chi connectivity index (χ2v) is 6.92. The van der Waals surface area contributed by atoms with Crippen molar-refractivity contribution >= 4 is 34.2 Å². The molecule has 1 aromatic heterocycles. The Hall–Kier alpha value is -3.99. The van der Waals surface area contributed by atoms with E-state index in [2.05, 4.69) is 15.2 Å². The summed E-state index contributed by atoms with van der Waals surface area (Å²) in [6, 6.07) is 6.93. The fraction of sp³-hybridized carbons (Fsp3) is 0.238. The van der Waals surface area contributed by atoms with Crippen LogP contribution in [0.3, 0.4) is 0 Å². The number of benzene rings is 2. The van der Waals surface area contributed by atoms with Gasteiger partial charge in [0.2, 0.25) is 5.88 Å². The summed E-state index contributed by atoms with van der Waals surface area (Å²) < 4.78 is 30.8. The summed E-state index contributed by atoms with van der Waals surface area (Å²) in [5.74, 6) is -2.55. The molecular formula is C21H18FN3O7. The number of esters is 1. The summed E-state index contributed by atoms with van der Waals surface area (Å²) in [6.07, 6.45) is 0. The van der Waals surface area contributed by atoms with Gasteiger partial charge in [0, 0.05) is 22.2 Å². The molecule has 1 aliphatic heterocycles. The van der Waals surface area contributed by atoms with Crippen LogP contribution in [0.4, 0.5) is 15.8 Å². The molecule has 0 spiro atoms. The summed E-state index contributed by atoms with van der Waals surface area (Å²) >= 11 is 0. The molecule has 11 heteroatoms. The molecule has 0 fully saturated rings. The van der Waals surface area contributed by atoms with Crippen LogP contribution in [0.2, 0.25) is 0 Å². The zero-order valence-corrected chi connectivity index (χ0v) is 16.9. The van der Waals surface area contributed by atoms with Gasteiger partial charge < -0.3 is 29.2 Å². The molecule has 4 rings (SSSR count). The van der Waals surface area contributed by atoms with Gasteiger partial charge in [-0.15, -0.1) is 4.91 Å². The van der Waals surface area contributed by atoms with Crippen molar-refractivity contribution in [2.24, 2.45) is 5.18 Å². The number of hydrogen-bond donors (Lipinski definition) is 2. The molecule has 0 saturated carbocycles. The third kappa shape index (κ3) is 3.85. The first-order valence-corrected chi connectivity index (χ1v) is 9.61. The van der Waals surface area contributed by atoms with Crippen molar-refractivity contribution in [1.29, 1.82) is 0 Å². The van der Waals surface area contributed by atoms with Gasteiger partial charge >= 0.3 is 11.9 Å². The second-order valence-electron chi connectivity index (χ2n) is 6.92. The molecule has 166 valence electrons. The molecule has 1 aliphatic rings. The fourth-order valence-electron chi connectivity index (χ4n) is 3.57. The van der Waals surface area contributed by atoms with Crippen LogP contribution in [0, 0.1) is 10.7 Å². The molecule has 10 nitrogen and oxygen atoms in total. The maximum absolute atomic E-state index is 14.1. The number of aromatic nitrogens is 1. The van der Waals surface area contributed by atoms with E-state index >= 15 is 0 Å². The van der Waals surface area contributed by atoms with Crippen LogP contribution in [0.1, 0.15) is 18.1 Å². The largest absolute Gasteiger partial charge is 0.493 e. The third-order valence-electron chi connectivity index (χ3n) is 4.90. The van der Waals surface area contributed by atoms with Crippen molar-refractivity contribution in [3.05, 3.63) is 52.2 Å². The molecule has 32 heavy (non-hydrogen) atoms. The number of halogens is 1. The molecule has 0 saturated heterocycles. The molecule has 2 aromatic carbocycles. The molecule has 2 heterocycles. The minimum absolute atomic E-state index is 0.00474.